The number of ether oxygens (including phenoxy) is 2. The number of rotatable bonds is 13. The van der Waals surface area contributed by atoms with Crippen LogP contribution in [-0.4, -0.2) is 55.5 Å². The Hall–Kier alpha value is -3.39. The van der Waals surface area contributed by atoms with Crippen molar-refractivity contribution < 1.29 is 53.8 Å². The smallest absolute Gasteiger partial charge is 0.378 e. The topological polar surface area (TPSA) is 101 Å². The zero-order chi connectivity index (χ0) is 29.1. The highest BCUT2D eigenvalue weighted by atomic mass is 19.4. The number of furan rings is 1. The maximum Gasteiger partial charge on any atom is 0.378 e. The van der Waals surface area contributed by atoms with Crippen LogP contribution in [0, 0.1) is 0 Å². The Morgan fingerprint density at radius 1 is 0.846 bits per heavy atom. The molecule has 1 aromatic heterocycles. The third-order valence-corrected chi connectivity index (χ3v) is 5.76. The molecule has 1 atom stereocenters. The standard InChI is InChI=1S/C25H24F8N2O4/c26-22(27,24(30,31)25(32,33)23(28,29)9-11-38-21(36)18(35)14-34)8-10-37-17-7-6-16-12-19(39-20(16)13-17)15-4-2-1-3-5-15/h1-7,12-13,18H,8-11,14,34-35H2. The first kappa shape index (κ1) is 30.2. The fraction of sp³-hybridized carbons (Fsp3) is 0.400. The molecule has 1 unspecified atom stereocenters. The first-order chi connectivity index (χ1) is 18.1. The minimum absolute atomic E-state index is 0.106. The summed E-state index contributed by atoms with van der Waals surface area (Å²) < 4.78 is 128. The van der Waals surface area contributed by atoms with E-state index in [2.05, 4.69) is 4.74 Å². The summed E-state index contributed by atoms with van der Waals surface area (Å²) >= 11 is 0. The van der Waals surface area contributed by atoms with E-state index in [9.17, 15) is 39.9 Å². The van der Waals surface area contributed by atoms with Gasteiger partial charge in [0.1, 0.15) is 23.1 Å². The minimum atomic E-state index is -6.51. The Kier molecular flexibility index (Phi) is 8.80. The SMILES string of the molecule is NCC(N)C(=O)OCCC(F)(F)C(F)(F)C(F)(F)C(F)(F)CCOc1ccc2cc(-c3ccccc3)oc2c1. The number of alkyl halides is 8. The van der Waals surface area contributed by atoms with Gasteiger partial charge in [-0.2, -0.15) is 35.1 Å². The lowest BCUT2D eigenvalue weighted by Crippen LogP contribution is -2.62. The molecule has 3 aromatic rings. The molecule has 0 aliphatic carbocycles. The van der Waals surface area contributed by atoms with Crippen molar-refractivity contribution in [1.29, 1.82) is 0 Å². The summed E-state index contributed by atoms with van der Waals surface area (Å²) in [4.78, 5) is 11.3. The Morgan fingerprint density at radius 2 is 1.44 bits per heavy atom. The molecule has 1 heterocycles. The molecule has 0 spiro atoms. The second-order valence-corrected chi connectivity index (χ2v) is 8.59. The van der Waals surface area contributed by atoms with Crippen molar-refractivity contribution in [2.45, 2.75) is 42.6 Å². The molecule has 0 saturated carbocycles. The third kappa shape index (κ3) is 6.27. The van der Waals surface area contributed by atoms with Gasteiger partial charge in [0.2, 0.25) is 0 Å². The molecule has 0 amide bonds. The Balaban J connectivity index is 1.64. The monoisotopic (exact) mass is 568 g/mol. The fourth-order valence-electron chi connectivity index (χ4n) is 3.40. The van der Waals surface area contributed by atoms with Crippen LogP contribution >= 0.6 is 0 Å². The Bertz CT molecular complexity index is 1270. The molecule has 0 bridgehead atoms. The molecule has 2 aromatic carbocycles. The van der Waals surface area contributed by atoms with Gasteiger partial charge in [0, 0.05) is 23.6 Å². The molecule has 6 nitrogen and oxygen atoms in total. The number of carbonyl (C=O) groups excluding carboxylic acids is 1. The second kappa shape index (κ2) is 11.4. The van der Waals surface area contributed by atoms with Crippen LogP contribution in [-0.2, 0) is 9.53 Å². The molecule has 4 N–H and O–H groups in total. The summed E-state index contributed by atoms with van der Waals surface area (Å²) in [6, 6.07) is 13.2. The van der Waals surface area contributed by atoms with Crippen molar-refractivity contribution in [3.05, 3.63) is 54.6 Å². The Morgan fingerprint density at radius 3 is 2.03 bits per heavy atom. The fourth-order valence-corrected chi connectivity index (χ4v) is 3.40. The normalized spacial score (nSPS) is 13.9. The van der Waals surface area contributed by atoms with Crippen LogP contribution in [0.15, 0.2) is 59.0 Å². The van der Waals surface area contributed by atoms with E-state index < -0.39 is 68.3 Å². The first-order valence-corrected chi connectivity index (χ1v) is 11.5. The van der Waals surface area contributed by atoms with E-state index in [0.29, 0.717) is 11.1 Å². The number of carbonyl (C=O) groups is 1. The first-order valence-electron chi connectivity index (χ1n) is 11.5. The van der Waals surface area contributed by atoms with Crippen molar-refractivity contribution in [1.82, 2.24) is 0 Å². The van der Waals surface area contributed by atoms with Gasteiger partial charge in [-0.1, -0.05) is 30.3 Å². The lowest BCUT2D eigenvalue weighted by Gasteiger charge is -2.36. The maximum absolute atomic E-state index is 14.2. The number of benzene rings is 2. The molecule has 214 valence electrons. The maximum atomic E-state index is 14.2. The van der Waals surface area contributed by atoms with E-state index in [0.717, 1.165) is 5.56 Å². The van der Waals surface area contributed by atoms with E-state index in [1.54, 1.807) is 36.4 Å². The summed E-state index contributed by atoms with van der Waals surface area (Å²) in [6.45, 7) is -3.17. The largest absolute Gasteiger partial charge is 0.493 e. The van der Waals surface area contributed by atoms with Gasteiger partial charge in [-0.3, -0.25) is 4.79 Å². The second-order valence-electron chi connectivity index (χ2n) is 8.59. The van der Waals surface area contributed by atoms with Gasteiger partial charge in [0.15, 0.2) is 0 Å². The van der Waals surface area contributed by atoms with Gasteiger partial charge in [0.05, 0.1) is 26.1 Å². The van der Waals surface area contributed by atoms with Gasteiger partial charge in [-0.25, -0.2) is 0 Å². The Labute approximate surface area is 216 Å². The number of halogens is 8. The number of fused-ring (bicyclic) bond motifs is 1. The molecule has 0 radical (unpaired) electrons. The van der Waals surface area contributed by atoms with Gasteiger partial charge in [-0.05, 0) is 18.2 Å². The molecule has 0 saturated heterocycles. The van der Waals surface area contributed by atoms with Crippen molar-refractivity contribution in [3.63, 3.8) is 0 Å². The van der Waals surface area contributed by atoms with E-state index in [1.165, 1.54) is 18.2 Å². The summed E-state index contributed by atoms with van der Waals surface area (Å²) in [5.74, 6) is -25.2. The molecule has 3 rings (SSSR count). The molecule has 39 heavy (non-hydrogen) atoms. The van der Waals surface area contributed by atoms with Gasteiger partial charge in [0.25, 0.3) is 0 Å². The van der Waals surface area contributed by atoms with E-state index >= 15 is 0 Å². The lowest BCUT2D eigenvalue weighted by atomic mass is 9.95. The van der Waals surface area contributed by atoms with E-state index in [-0.39, 0.29) is 11.3 Å². The predicted molar refractivity (Wildman–Crippen MR) is 124 cm³/mol. The highest BCUT2D eigenvalue weighted by Gasteiger charge is 2.79. The van der Waals surface area contributed by atoms with Crippen LogP contribution in [0.4, 0.5) is 35.1 Å². The molecule has 14 heteroatoms. The van der Waals surface area contributed by atoms with Crippen LogP contribution in [0.25, 0.3) is 22.3 Å². The average Bonchev–Trinajstić information content (AvgIpc) is 3.31. The van der Waals surface area contributed by atoms with Crippen molar-refractivity contribution in [2.24, 2.45) is 11.5 Å². The van der Waals surface area contributed by atoms with Crippen LogP contribution < -0.4 is 16.2 Å². The quantitative estimate of drug-likeness (QED) is 0.205. The predicted octanol–water partition coefficient (Wildman–Crippen LogP) is 5.63. The van der Waals surface area contributed by atoms with Crippen molar-refractivity contribution in [2.75, 3.05) is 19.8 Å². The lowest BCUT2D eigenvalue weighted by molar-refractivity contribution is -0.369. The van der Waals surface area contributed by atoms with E-state index in [4.69, 9.17) is 20.6 Å². The molecular weight excluding hydrogens is 544 g/mol. The van der Waals surface area contributed by atoms with Gasteiger partial charge >= 0.3 is 29.7 Å². The third-order valence-electron chi connectivity index (χ3n) is 5.76. The number of esters is 1. The molecule has 0 fully saturated rings. The molecule has 0 aliphatic heterocycles. The highest BCUT2D eigenvalue weighted by molar-refractivity contribution is 5.84. The zero-order valence-corrected chi connectivity index (χ0v) is 20.1. The van der Waals surface area contributed by atoms with Crippen molar-refractivity contribution in [3.8, 4) is 17.1 Å². The van der Waals surface area contributed by atoms with Crippen LogP contribution in [0.2, 0.25) is 0 Å². The van der Waals surface area contributed by atoms with E-state index in [1.807, 2.05) is 0 Å². The summed E-state index contributed by atoms with van der Waals surface area (Å²) in [7, 11) is 0. The minimum Gasteiger partial charge on any atom is -0.493 e. The van der Waals surface area contributed by atoms with Gasteiger partial charge in [-0.15, -0.1) is 0 Å². The van der Waals surface area contributed by atoms with Gasteiger partial charge < -0.3 is 25.4 Å². The summed E-state index contributed by atoms with van der Waals surface area (Å²) in [6.07, 6.45) is -4.18. The molecular formula is C25H24F8N2O4. The van der Waals surface area contributed by atoms with Crippen LogP contribution in [0.1, 0.15) is 12.8 Å². The zero-order valence-electron chi connectivity index (χ0n) is 20.1. The number of hydrogen-bond acceptors (Lipinski definition) is 6. The highest BCUT2D eigenvalue weighted by Crippen LogP contribution is 2.54. The molecule has 0 aliphatic rings. The van der Waals surface area contributed by atoms with Crippen LogP contribution in [0.3, 0.4) is 0 Å². The van der Waals surface area contributed by atoms with Crippen LogP contribution in [0.5, 0.6) is 5.75 Å². The average molecular weight is 568 g/mol. The number of nitrogens with two attached hydrogens (primary N) is 2. The number of hydrogen-bond donors (Lipinski definition) is 2. The van der Waals surface area contributed by atoms with Crippen molar-refractivity contribution >= 4 is 16.9 Å². The summed E-state index contributed by atoms with van der Waals surface area (Å²) in [5, 5.41) is 0.607. The summed E-state index contributed by atoms with van der Waals surface area (Å²) in [5.41, 5.74) is 11.2.